The molecule has 1 aromatic heterocycles. The molecule has 0 saturated heterocycles. The number of rotatable bonds is 6. The summed E-state index contributed by atoms with van der Waals surface area (Å²) in [5.41, 5.74) is 0.553. The highest BCUT2D eigenvalue weighted by Crippen LogP contribution is 2.29. The predicted octanol–water partition coefficient (Wildman–Crippen LogP) is 2.59. The van der Waals surface area contributed by atoms with Gasteiger partial charge in [0.2, 0.25) is 15.9 Å². The average molecular weight is 401 g/mol. The van der Waals surface area contributed by atoms with E-state index in [1.54, 1.807) is 26.2 Å². The Morgan fingerprint density at radius 1 is 1.15 bits per heavy atom. The first kappa shape index (κ1) is 20.7. The van der Waals surface area contributed by atoms with Crippen molar-refractivity contribution in [2.24, 2.45) is 5.92 Å². The van der Waals surface area contributed by atoms with Gasteiger partial charge in [0.15, 0.2) is 12.6 Å². The Balaban J connectivity index is 1.94. The molecule has 7 nitrogen and oxygen atoms in total. The zero-order valence-corrected chi connectivity index (χ0v) is 16.7. The van der Waals surface area contributed by atoms with Gasteiger partial charge in [-0.25, -0.2) is 13.1 Å². The Morgan fingerprint density at radius 2 is 1.77 bits per heavy atom. The fourth-order valence-electron chi connectivity index (χ4n) is 2.80. The number of thiophene rings is 1. The van der Waals surface area contributed by atoms with Gasteiger partial charge >= 0.3 is 0 Å². The van der Waals surface area contributed by atoms with Gasteiger partial charge in [-0.3, -0.25) is 14.4 Å². The monoisotopic (exact) mass is 400 g/mol. The molecule has 144 valence electrons. The molecule has 0 atom stereocenters. The van der Waals surface area contributed by atoms with Crippen LogP contribution in [0.3, 0.4) is 0 Å². The van der Waals surface area contributed by atoms with E-state index in [1.165, 1.54) is 0 Å². The van der Waals surface area contributed by atoms with Crippen LogP contribution in [0.2, 0.25) is 0 Å². The van der Waals surface area contributed by atoms with Crippen LogP contribution in [0.5, 0.6) is 0 Å². The van der Waals surface area contributed by atoms with Crippen molar-refractivity contribution in [3.63, 3.8) is 0 Å². The smallest absolute Gasteiger partial charge is 0.227 e. The molecule has 1 aliphatic rings. The van der Waals surface area contributed by atoms with E-state index in [0.29, 0.717) is 43.9 Å². The number of hydrogen-bond acceptors (Lipinski definition) is 6. The van der Waals surface area contributed by atoms with Crippen LogP contribution in [-0.4, -0.2) is 37.7 Å². The molecular formula is C17H24N2O5S2. The lowest BCUT2D eigenvalue weighted by Crippen LogP contribution is -2.46. The van der Waals surface area contributed by atoms with Crippen LogP contribution in [0, 0.1) is 5.92 Å². The third-order valence-corrected chi connectivity index (χ3v) is 7.75. The zero-order chi connectivity index (χ0) is 19.5. The van der Waals surface area contributed by atoms with Crippen LogP contribution in [0.25, 0.3) is 0 Å². The Labute approximate surface area is 157 Å². The lowest BCUT2D eigenvalue weighted by Gasteiger charge is -2.30. The topological polar surface area (TPSA) is 109 Å². The van der Waals surface area contributed by atoms with E-state index < -0.39 is 14.8 Å². The predicted molar refractivity (Wildman–Crippen MR) is 101 cm³/mol. The first-order valence-electron chi connectivity index (χ1n) is 8.43. The molecule has 1 amide bonds. The molecule has 1 aromatic rings. The normalized spacial score (nSPS) is 21.2. The summed E-state index contributed by atoms with van der Waals surface area (Å²) in [6, 6.07) is -0.170. The fraction of sp³-hybridized carbons (Fsp3) is 0.588. The van der Waals surface area contributed by atoms with Crippen molar-refractivity contribution < 1.29 is 22.8 Å². The Hall–Kier alpha value is -1.58. The van der Waals surface area contributed by atoms with Gasteiger partial charge in [-0.2, -0.15) is 0 Å². The number of carbonyl (C=O) groups is 3. The molecule has 2 N–H and O–H groups in total. The summed E-state index contributed by atoms with van der Waals surface area (Å²) in [5.74, 6) is -0.454. The van der Waals surface area contributed by atoms with Gasteiger partial charge in [0.1, 0.15) is 0 Å². The van der Waals surface area contributed by atoms with Crippen LogP contribution >= 0.6 is 11.3 Å². The number of aldehydes is 2. The van der Waals surface area contributed by atoms with Gasteiger partial charge in [-0.15, -0.1) is 11.3 Å². The Bertz CT molecular complexity index is 785. The minimum atomic E-state index is -3.41. The molecule has 1 fully saturated rings. The summed E-state index contributed by atoms with van der Waals surface area (Å²) < 4.78 is 26.3. The Morgan fingerprint density at radius 3 is 2.27 bits per heavy atom. The number of amides is 1. The zero-order valence-electron chi connectivity index (χ0n) is 15.1. The summed E-state index contributed by atoms with van der Waals surface area (Å²) in [6.07, 6.45) is 3.44. The van der Waals surface area contributed by atoms with Gasteiger partial charge in [-0.1, -0.05) is 0 Å². The van der Waals surface area contributed by atoms with E-state index in [-0.39, 0.29) is 28.3 Å². The highest BCUT2D eigenvalue weighted by molar-refractivity contribution is 7.90. The van der Waals surface area contributed by atoms with E-state index in [0.717, 1.165) is 11.3 Å². The first-order chi connectivity index (χ1) is 12.1. The number of sulfonamides is 1. The van der Waals surface area contributed by atoms with Crippen LogP contribution < -0.4 is 10.0 Å². The van der Waals surface area contributed by atoms with E-state index in [1.807, 2.05) is 0 Å². The molecule has 0 radical (unpaired) electrons. The SMILES string of the molecule is CC(C)(C)S(=O)(=O)NC1CCC(C(=O)Nc2csc(C=O)c2C=O)CC1. The first-order valence-corrected chi connectivity index (χ1v) is 10.8. The summed E-state index contributed by atoms with van der Waals surface area (Å²) in [5, 5.41) is 4.29. The van der Waals surface area contributed by atoms with Gasteiger partial charge in [0.05, 0.1) is 20.9 Å². The number of nitrogens with one attached hydrogen (secondary N) is 2. The van der Waals surface area contributed by atoms with Crippen molar-refractivity contribution in [1.82, 2.24) is 4.72 Å². The van der Waals surface area contributed by atoms with E-state index in [9.17, 15) is 22.8 Å². The van der Waals surface area contributed by atoms with Crippen molar-refractivity contribution in [2.75, 3.05) is 5.32 Å². The maximum atomic E-state index is 12.4. The second kappa shape index (κ2) is 7.98. The molecule has 0 aliphatic heterocycles. The lowest BCUT2D eigenvalue weighted by atomic mass is 9.86. The minimum Gasteiger partial charge on any atom is -0.324 e. The number of anilines is 1. The molecule has 9 heteroatoms. The third kappa shape index (κ3) is 4.57. The number of hydrogen-bond donors (Lipinski definition) is 2. The van der Waals surface area contributed by atoms with E-state index in [2.05, 4.69) is 10.0 Å². The molecule has 0 aromatic carbocycles. The molecule has 0 unspecified atom stereocenters. The fourth-order valence-corrected chi connectivity index (χ4v) is 4.60. The van der Waals surface area contributed by atoms with Crippen molar-refractivity contribution in [1.29, 1.82) is 0 Å². The molecule has 1 saturated carbocycles. The third-order valence-electron chi connectivity index (χ3n) is 4.57. The average Bonchev–Trinajstić information content (AvgIpc) is 2.95. The summed E-state index contributed by atoms with van der Waals surface area (Å²) in [6.45, 7) is 4.94. The molecule has 2 rings (SSSR count). The maximum Gasteiger partial charge on any atom is 0.227 e. The molecule has 1 heterocycles. The summed E-state index contributed by atoms with van der Waals surface area (Å²) >= 11 is 1.11. The van der Waals surface area contributed by atoms with Gasteiger partial charge in [0.25, 0.3) is 0 Å². The van der Waals surface area contributed by atoms with Crippen LogP contribution in [0.4, 0.5) is 5.69 Å². The molecule has 26 heavy (non-hydrogen) atoms. The highest BCUT2D eigenvalue weighted by Gasteiger charge is 2.34. The van der Waals surface area contributed by atoms with Crippen molar-refractivity contribution in [3.8, 4) is 0 Å². The summed E-state index contributed by atoms with van der Waals surface area (Å²) in [4.78, 5) is 34.7. The van der Waals surface area contributed by atoms with E-state index >= 15 is 0 Å². The lowest BCUT2D eigenvalue weighted by molar-refractivity contribution is -0.120. The Kier molecular flexibility index (Phi) is 6.36. The molecule has 1 aliphatic carbocycles. The van der Waals surface area contributed by atoms with Crippen LogP contribution in [0.1, 0.15) is 66.5 Å². The van der Waals surface area contributed by atoms with Gasteiger partial charge in [-0.05, 0) is 46.5 Å². The standard InChI is InChI=1S/C17H24N2O5S2/c1-17(2,3)26(23,24)19-12-6-4-11(5-7-12)16(22)18-14-10-25-15(9-21)13(14)8-20/h8-12,19H,4-7H2,1-3H3,(H,18,22). The van der Waals surface area contributed by atoms with Crippen molar-refractivity contribution in [2.45, 2.75) is 57.2 Å². The van der Waals surface area contributed by atoms with Crippen molar-refractivity contribution in [3.05, 3.63) is 15.8 Å². The quantitative estimate of drug-likeness (QED) is 0.713. The summed E-state index contributed by atoms with van der Waals surface area (Å²) in [7, 11) is -3.41. The highest BCUT2D eigenvalue weighted by atomic mass is 32.2. The second-order valence-electron chi connectivity index (χ2n) is 7.43. The second-order valence-corrected chi connectivity index (χ2v) is 10.8. The molecule has 0 bridgehead atoms. The number of carbonyl (C=O) groups excluding carboxylic acids is 3. The maximum absolute atomic E-state index is 12.4. The largest absolute Gasteiger partial charge is 0.324 e. The van der Waals surface area contributed by atoms with Gasteiger partial charge in [0, 0.05) is 17.3 Å². The van der Waals surface area contributed by atoms with E-state index in [4.69, 9.17) is 0 Å². The van der Waals surface area contributed by atoms with Gasteiger partial charge < -0.3 is 5.32 Å². The minimum absolute atomic E-state index is 0.170. The molecular weight excluding hydrogens is 376 g/mol. The van der Waals surface area contributed by atoms with Crippen LogP contribution in [0.15, 0.2) is 5.38 Å². The van der Waals surface area contributed by atoms with Crippen molar-refractivity contribution >= 4 is 45.5 Å². The van der Waals surface area contributed by atoms with Crippen LogP contribution in [-0.2, 0) is 14.8 Å². The molecule has 0 spiro atoms.